The summed E-state index contributed by atoms with van der Waals surface area (Å²) >= 11 is -2.36. The van der Waals surface area contributed by atoms with Crippen molar-refractivity contribution in [3.63, 3.8) is 0 Å². The summed E-state index contributed by atoms with van der Waals surface area (Å²) in [4.78, 5) is 10.9. The van der Waals surface area contributed by atoms with Crippen LogP contribution in [0.2, 0.25) is 0 Å². The number of hydrogen-bond acceptors (Lipinski definition) is 4. The molecule has 0 spiro atoms. The minimum atomic E-state index is -2.36. The maximum atomic E-state index is 10.8. The van der Waals surface area contributed by atoms with Crippen LogP contribution < -0.4 is 0 Å². The van der Waals surface area contributed by atoms with Gasteiger partial charge in [0.15, 0.2) is 0 Å². The van der Waals surface area contributed by atoms with E-state index in [-0.39, 0.29) is 10.5 Å². The molecule has 1 atom stereocenters. The molecule has 0 aliphatic heterocycles. The molecule has 1 aromatic carbocycles. The van der Waals surface area contributed by atoms with Gasteiger partial charge < -0.3 is 9.21 Å². The fourth-order valence-corrected chi connectivity index (χ4v) is 1.21. The fourth-order valence-electron chi connectivity index (χ4n) is 0.795. The Morgan fingerprint density at radius 2 is 2.23 bits per heavy atom. The lowest BCUT2D eigenvalue weighted by Crippen LogP contribution is -2.02. The Labute approximate surface area is 78.6 Å². The summed E-state index contributed by atoms with van der Waals surface area (Å²) in [7, 11) is 4.63. The van der Waals surface area contributed by atoms with Crippen LogP contribution >= 0.6 is 0 Å². The molecule has 0 amide bonds. The molecule has 0 bridgehead atoms. The normalized spacial score (nSPS) is 12.1. The van der Waals surface area contributed by atoms with Gasteiger partial charge in [-0.2, -0.15) is 0 Å². The second-order valence-corrected chi connectivity index (χ2v) is 3.11. The molecule has 4 nitrogen and oxygen atoms in total. The van der Waals surface area contributed by atoms with E-state index in [9.17, 15) is 13.6 Å². The van der Waals surface area contributed by atoms with Gasteiger partial charge in [-0.3, -0.25) is 4.21 Å². The van der Waals surface area contributed by atoms with Crippen molar-refractivity contribution in [2.45, 2.75) is 4.90 Å². The SMILES string of the molecule is [B]OC(=O)c1cccc(S(=O)[O-])c1. The van der Waals surface area contributed by atoms with Crippen molar-refractivity contribution in [2.24, 2.45) is 0 Å². The van der Waals surface area contributed by atoms with Crippen LogP contribution in [-0.2, 0) is 15.7 Å². The van der Waals surface area contributed by atoms with Gasteiger partial charge in [0.2, 0.25) is 0 Å². The van der Waals surface area contributed by atoms with Gasteiger partial charge in [0.1, 0.15) is 0 Å². The van der Waals surface area contributed by atoms with E-state index < -0.39 is 17.0 Å². The first-order chi connectivity index (χ1) is 6.15. The summed E-state index contributed by atoms with van der Waals surface area (Å²) in [6.07, 6.45) is 0. The molecule has 0 heterocycles. The Hall–Kier alpha value is -1.14. The van der Waals surface area contributed by atoms with Crippen LogP contribution in [0.3, 0.4) is 0 Å². The second kappa shape index (κ2) is 4.20. The first-order valence-corrected chi connectivity index (χ1v) is 4.33. The first kappa shape index (κ1) is 9.95. The van der Waals surface area contributed by atoms with Gasteiger partial charge >= 0.3 is 14.0 Å². The van der Waals surface area contributed by atoms with Crippen LogP contribution in [0.4, 0.5) is 0 Å². The Bertz CT molecular complexity index is 352. The number of rotatable bonds is 2. The van der Waals surface area contributed by atoms with Crippen molar-refractivity contribution in [2.75, 3.05) is 0 Å². The van der Waals surface area contributed by atoms with Gasteiger partial charge in [0.25, 0.3) is 0 Å². The van der Waals surface area contributed by atoms with Crippen LogP contribution in [0.15, 0.2) is 29.2 Å². The molecule has 13 heavy (non-hydrogen) atoms. The van der Waals surface area contributed by atoms with E-state index in [1.54, 1.807) is 0 Å². The van der Waals surface area contributed by atoms with Crippen molar-refractivity contribution in [3.8, 4) is 0 Å². The summed E-state index contributed by atoms with van der Waals surface area (Å²) in [5.74, 6) is -0.771. The van der Waals surface area contributed by atoms with Crippen LogP contribution in [0.1, 0.15) is 10.4 Å². The van der Waals surface area contributed by atoms with Gasteiger partial charge in [-0.15, -0.1) is 0 Å². The van der Waals surface area contributed by atoms with Crippen LogP contribution in [0.5, 0.6) is 0 Å². The average Bonchev–Trinajstić information content (AvgIpc) is 2.17. The molecular weight excluding hydrogens is 191 g/mol. The summed E-state index contributed by atoms with van der Waals surface area (Å²) in [6.45, 7) is 0. The maximum Gasteiger partial charge on any atom is 0.378 e. The highest BCUT2D eigenvalue weighted by molar-refractivity contribution is 7.79. The molecule has 6 heteroatoms. The highest BCUT2D eigenvalue weighted by Crippen LogP contribution is 2.08. The summed E-state index contributed by atoms with van der Waals surface area (Å²) in [5, 5.41) is 0. The average molecular weight is 195 g/mol. The number of carbonyl (C=O) groups excluding carboxylic acids is 1. The minimum Gasteiger partial charge on any atom is -0.768 e. The Balaban J connectivity index is 3.05. The molecule has 2 radical (unpaired) electrons. The quantitative estimate of drug-likeness (QED) is 0.498. The van der Waals surface area contributed by atoms with Crippen molar-refractivity contribution < 1.29 is 18.2 Å². The molecule has 0 fully saturated rings. The largest absolute Gasteiger partial charge is 0.768 e. The lowest BCUT2D eigenvalue weighted by atomic mass is 10.2. The zero-order chi connectivity index (χ0) is 9.84. The van der Waals surface area contributed by atoms with Crippen molar-refractivity contribution in [3.05, 3.63) is 29.8 Å². The van der Waals surface area contributed by atoms with E-state index in [2.05, 4.69) is 12.7 Å². The third-order valence-corrected chi connectivity index (χ3v) is 2.01. The molecule has 0 saturated carbocycles. The molecule has 1 aromatic rings. The highest BCUT2D eigenvalue weighted by Gasteiger charge is 2.04. The molecule has 0 N–H and O–H groups in total. The molecule has 0 aliphatic carbocycles. The first-order valence-electron chi connectivity index (χ1n) is 3.25. The van der Waals surface area contributed by atoms with Gasteiger partial charge in [0, 0.05) is 4.90 Å². The smallest absolute Gasteiger partial charge is 0.378 e. The van der Waals surface area contributed by atoms with Crippen LogP contribution in [0, 0.1) is 0 Å². The van der Waals surface area contributed by atoms with Gasteiger partial charge in [0.05, 0.1) is 5.56 Å². The number of hydrogen-bond donors (Lipinski definition) is 0. The minimum absolute atomic E-state index is 0.0166. The molecule has 0 saturated heterocycles. The van der Waals surface area contributed by atoms with E-state index in [1.165, 1.54) is 24.3 Å². The summed E-state index contributed by atoms with van der Waals surface area (Å²) < 4.78 is 24.9. The number of benzene rings is 1. The fraction of sp³-hybridized carbons (Fsp3) is 0. The molecule has 66 valence electrons. The molecule has 0 aliphatic rings. The van der Waals surface area contributed by atoms with Crippen LogP contribution in [-0.4, -0.2) is 22.8 Å². The molecule has 0 aromatic heterocycles. The van der Waals surface area contributed by atoms with Crippen molar-refractivity contribution >= 4 is 25.1 Å². The second-order valence-electron chi connectivity index (χ2n) is 2.17. The monoisotopic (exact) mass is 195 g/mol. The van der Waals surface area contributed by atoms with Gasteiger partial charge in [-0.1, -0.05) is 6.07 Å². The highest BCUT2D eigenvalue weighted by atomic mass is 32.2. The zero-order valence-corrected chi connectivity index (χ0v) is 7.24. The predicted octanol–water partition coefficient (Wildman–Crippen LogP) is 0.165. The molecule has 1 rings (SSSR count). The maximum absolute atomic E-state index is 10.8. The van der Waals surface area contributed by atoms with Crippen molar-refractivity contribution in [1.82, 2.24) is 0 Å². The topological polar surface area (TPSA) is 66.4 Å². The molecular formula is C7H4BO4S-. The summed E-state index contributed by atoms with van der Waals surface area (Å²) in [6, 6.07) is 5.37. The summed E-state index contributed by atoms with van der Waals surface area (Å²) in [5.41, 5.74) is 0.101. The lowest BCUT2D eigenvalue weighted by Gasteiger charge is -2.06. The predicted molar refractivity (Wildman–Crippen MR) is 44.8 cm³/mol. The third-order valence-electron chi connectivity index (χ3n) is 1.37. The van der Waals surface area contributed by atoms with Gasteiger partial charge in [-0.05, 0) is 29.3 Å². The Kier molecular flexibility index (Phi) is 3.22. The van der Waals surface area contributed by atoms with E-state index in [0.717, 1.165) is 0 Å². The third kappa shape index (κ3) is 2.40. The van der Waals surface area contributed by atoms with E-state index in [1.807, 2.05) is 0 Å². The lowest BCUT2D eigenvalue weighted by molar-refractivity contribution is 0.0749. The van der Waals surface area contributed by atoms with Crippen LogP contribution in [0.25, 0.3) is 0 Å². The Morgan fingerprint density at radius 1 is 1.54 bits per heavy atom. The standard InChI is InChI=1S/C7H5BO4S/c8-12-7(9)5-2-1-3-6(4-5)13(10)11/h1-4H,(H,10,11)/p-1. The van der Waals surface area contributed by atoms with E-state index in [4.69, 9.17) is 0 Å². The number of carbonyl (C=O) groups is 1. The zero-order valence-electron chi connectivity index (χ0n) is 6.43. The Morgan fingerprint density at radius 3 is 2.77 bits per heavy atom. The van der Waals surface area contributed by atoms with Crippen molar-refractivity contribution in [1.29, 1.82) is 0 Å². The molecule has 1 unspecified atom stereocenters. The van der Waals surface area contributed by atoms with E-state index in [0.29, 0.717) is 0 Å². The van der Waals surface area contributed by atoms with E-state index >= 15 is 0 Å². The van der Waals surface area contributed by atoms with Gasteiger partial charge in [-0.25, -0.2) is 4.79 Å².